The monoisotopic (exact) mass is 405 g/mol. The molecule has 1 aromatic carbocycles. The van der Waals surface area contributed by atoms with E-state index >= 15 is 0 Å². The van der Waals surface area contributed by atoms with Gasteiger partial charge in [-0.15, -0.1) is 16.8 Å². The van der Waals surface area contributed by atoms with Crippen molar-refractivity contribution in [1.82, 2.24) is 14.5 Å². The Labute approximate surface area is 168 Å². The lowest BCUT2D eigenvalue weighted by Crippen LogP contribution is -2.18. The second-order valence-electron chi connectivity index (χ2n) is 6.15. The van der Waals surface area contributed by atoms with Crippen LogP contribution < -0.4 is 16.1 Å². The molecular formula is C19H15N7O2S. The van der Waals surface area contributed by atoms with E-state index in [4.69, 9.17) is 12.2 Å². The van der Waals surface area contributed by atoms with Crippen LogP contribution in [0.5, 0.6) is 5.88 Å². The minimum atomic E-state index is -0.467. The molecule has 0 fully saturated rings. The van der Waals surface area contributed by atoms with Crippen LogP contribution in [-0.4, -0.2) is 19.6 Å². The van der Waals surface area contributed by atoms with Gasteiger partial charge in [-0.05, 0) is 46.1 Å². The molecule has 0 amide bonds. The maximum absolute atomic E-state index is 12.3. The largest absolute Gasteiger partial charge is 0.494 e. The van der Waals surface area contributed by atoms with Crippen molar-refractivity contribution in [2.24, 2.45) is 20.7 Å². The standard InChI is InChI=1S/C19H15N7O2S/c1-2-9-26-18(28)14(17(27)21-19(26)29)10-13-7-8-15(20-13)11-3-5-12(6-4-11)16-22-24-25-23-16/h2-8,10,20,28H,1,9H2,(H,21,27,29). The topological polar surface area (TPSA) is 123 Å². The highest BCUT2D eigenvalue weighted by atomic mass is 32.1. The lowest BCUT2D eigenvalue weighted by Gasteiger charge is -2.08. The Kier molecular flexibility index (Phi) is 4.83. The van der Waals surface area contributed by atoms with E-state index in [0.717, 1.165) is 15.8 Å². The molecule has 0 saturated carbocycles. The van der Waals surface area contributed by atoms with Gasteiger partial charge in [-0.3, -0.25) is 14.3 Å². The molecular weight excluding hydrogens is 390 g/mol. The molecule has 29 heavy (non-hydrogen) atoms. The zero-order valence-corrected chi connectivity index (χ0v) is 15.8. The molecule has 0 saturated heterocycles. The van der Waals surface area contributed by atoms with Crippen molar-refractivity contribution in [3.8, 4) is 5.88 Å². The molecule has 0 bridgehead atoms. The fraction of sp³-hybridized carbons (Fsp3) is 0.0526. The number of aromatic nitrogens is 3. The summed E-state index contributed by atoms with van der Waals surface area (Å²) in [6.07, 6.45) is 3.15. The molecule has 0 aliphatic carbocycles. The lowest BCUT2D eigenvalue weighted by atomic mass is 10.2. The van der Waals surface area contributed by atoms with Crippen molar-refractivity contribution in [1.29, 1.82) is 0 Å². The molecule has 0 unspecified atom stereocenters. The average Bonchev–Trinajstić information content (AvgIpc) is 3.41. The van der Waals surface area contributed by atoms with Gasteiger partial charge in [0, 0.05) is 22.5 Å². The van der Waals surface area contributed by atoms with E-state index in [2.05, 4.69) is 37.2 Å². The van der Waals surface area contributed by atoms with Crippen molar-refractivity contribution >= 4 is 24.1 Å². The molecule has 9 nitrogen and oxygen atoms in total. The van der Waals surface area contributed by atoms with Crippen molar-refractivity contribution in [3.05, 3.63) is 90.9 Å². The van der Waals surface area contributed by atoms with Crippen LogP contribution in [0.3, 0.4) is 0 Å². The van der Waals surface area contributed by atoms with Crippen molar-refractivity contribution in [2.45, 2.75) is 6.54 Å². The summed E-state index contributed by atoms with van der Waals surface area (Å²) in [6.45, 7) is 3.91. The Balaban J connectivity index is 1.84. The van der Waals surface area contributed by atoms with Crippen LogP contribution in [0.25, 0.3) is 11.9 Å². The van der Waals surface area contributed by atoms with Gasteiger partial charge in [0.05, 0.1) is 0 Å². The van der Waals surface area contributed by atoms with Gasteiger partial charge in [-0.25, -0.2) is 0 Å². The maximum atomic E-state index is 12.3. The Bertz CT molecular complexity index is 1470. The van der Waals surface area contributed by atoms with Gasteiger partial charge in [0.1, 0.15) is 5.56 Å². The Morgan fingerprint density at radius 2 is 1.76 bits per heavy atom. The summed E-state index contributed by atoms with van der Waals surface area (Å²) in [7, 11) is 0. The van der Waals surface area contributed by atoms with Crippen molar-refractivity contribution in [2.75, 3.05) is 0 Å². The van der Waals surface area contributed by atoms with Crippen LogP contribution in [0.2, 0.25) is 0 Å². The molecule has 3 heterocycles. The van der Waals surface area contributed by atoms with E-state index in [-0.39, 0.29) is 22.8 Å². The van der Waals surface area contributed by atoms with E-state index in [1.165, 1.54) is 4.57 Å². The summed E-state index contributed by atoms with van der Waals surface area (Å²) in [4.78, 5) is 18.0. The number of nitrogens with zero attached hydrogens (tertiary/aromatic N) is 5. The first-order valence-corrected chi connectivity index (χ1v) is 8.98. The van der Waals surface area contributed by atoms with Gasteiger partial charge in [0.2, 0.25) is 11.7 Å². The summed E-state index contributed by atoms with van der Waals surface area (Å²) in [6, 6.07) is 11.3. The lowest BCUT2D eigenvalue weighted by molar-refractivity contribution is 0.412. The number of aromatic amines is 2. The molecule has 3 aromatic rings. The van der Waals surface area contributed by atoms with Crippen LogP contribution in [-0.2, 0) is 6.54 Å². The zero-order valence-electron chi connectivity index (χ0n) is 15.0. The van der Waals surface area contributed by atoms with Crippen LogP contribution in [0.1, 0.15) is 5.56 Å². The summed E-state index contributed by atoms with van der Waals surface area (Å²) in [5.74, 6) is 0.251. The first kappa shape index (κ1) is 18.4. The zero-order chi connectivity index (χ0) is 20.4. The highest BCUT2D eigenvalue weighted by molar-refractivity contribution is 7.71. The molecule has 0 atom stereocenters. The molecule has 2 aromatic heterocycles. The predicted molar refractivity (Wildman–Crippen MR) is 109 cm³/mol. The molecule has 1 aliphatic heterocycles. The first-order valence-electron chi connectivity index (χ1n) is 8.57. The normalized spacial score (nSPS) is 13.4. The molecule has 144 valence electrons. The smallest absolute Gasteiger partial charge is 0.262 e. The summed E-state index contributed by atoms with van der Waals surface area (Å²) in [5, 5.41) is 28.3. The minimum Gasteiger partial charge on any atom is -0.494 e. The van der Waals surface area contributed by atoms with Gasteiger partial charge in [-0.2, -0.15) is 0 Å². The average molecular weight is 405 g/mol. The highest BCUT2D eigenvalue weighted by Gasteiger charge is 2.09. The highest BCUT2D eigenvalue weighted by Crippen LogP contribution is 2.13. The number of aromatic hydroxyl groups is 1. The first-order chi connectivity index (χ1) is 14.1. The van der Waals surface area contributed by atoms with Crippen LogP contribution in [0.15, 0.2) is 74.5 Å². The number of benzene rings is 1. The summed E-state index contributed by atoms with van der Waals surface area (Å²) < 4.78 is 1.53. The number of nitrogens with one attached hydrogen (secondary N) is 2. The summed E-state index contributed by atoms with van der Waals surface area (Å²) in [5.41, 5.74) is -0.359. The van der Waals surface area contributed by atoms with Crippen molar-refractivity contribution < 1.29 is 5.11 Å². The van der Waals surface area contributed by atoms with Crippen LogP contribution in [0.4, 0.5) is 0 Å². The van der Waals surface area contributed by atoms with Gasteiger partial charge in [0.25, 0.3) is 5.56 Å². The third kappa shape index (κ3) is 3.60. The van der Waals surface area contributed by atoms with Crippen LogP contribution in [0, 0.1) is 15.3 Å². The maximum Gasteiger partial charge on any atom is 0.262 e. The van der Waals surface area contributed by atoms with Crippen molar-refractivity contribution in [3.63, 3.8) is 0 Å². The number of H-pyrrole nitrogens is 2. The number of allylic oxidation sites excluding steroid dienone is 1. The third-order valence-corrected chi connectivity index (χ3v) is 4.62. The minimum absolute atomic E-state index is 0.109. The molecule has 1 aliphatic rings. The third-order valence-electron chi connectivity index (χ3n) is 4.30. The van der Waals surface area contributed by atoms with E-state index < -0.39 is 5.56 Å². The van der Waals surface area contributed by atoms with E-state index in [1.54, 1.807) is 12.2 Å². The Morgan fingerprint density at radius 3 is 2.45 bits per heavy atom. The van der Waals surface area contributed by atoms with E-state index in [0.29, 0.717) is 11.2 Å². The quantitative estimate of drug-likeness (QED) is 0.457. The molecule has 0 radical (unpaired) electrons. The molecule has 3 N–H and O–H groups in total. The van der Waals surface area contributed by atoms with Gasteiger partial charge in [0.15, 0.2) is 4.77 Å². The van der Waals surface area contributed by atoms with Gasteiger partial charge >= 0.3 is 0 Å². The van der Waals surface area contributed by atoms with E-state index in [9.17, 15) is 9.90 Å². The number of hydrogen-bond acceptors (Lipinski definition) is 7. The second-order valence-corrected chi connectivity index (χ2v) is 6.53. The SMILES string of the molecule is C=CCn1c(O)c(C=c2ccc(=c3ccc(=C4N=NN=N4)cc3)[nH]2)c(=O)[nH]c1=S. The fourth-order valence-corrected chi connectivity index (χ4v) is 3.14. The number of rotatable bonds is 3. The Morgan fingerprint density at radius 1 is 1.07 bits per heavy atom. The molecule has 0 spiro atoms. The number of hydrogen-bond donors (Lipinski definition) is 3. The van der Waals surface area contributed by atoms with Crippen LogP contribution >= 0.6 is 12.2 Å². The predicted octanol–water partition coefficient (Wildman–Crippen LogP) is 2.14. The molecule has 4 rings (SSSR count). The fourth-order valence-electron chi connectivity index (χ4n) is 2.88. The second kappa shape index (κ2) is 7.60. The Hall–Kier alpha value is -3.92. The summed E-state index contributed by atoms with van der Waals surface area (Å²) >= 11 is 5.09. The van der Waals surface area contributed by atoms with Gasteiger partial charge < -0.3 is 10.1 Å². The van der Waals surface area contributed by atoms with Gasteiger partial charge in [-0.1, -0.05) is 30.3 Å². The van der Waals surface area contributed by atoms with E-state index in [1.807, 2.05) is 36.4 Å². The molecule has 10 heteroatoms.